The molecular formula is C41H40F5N3O3S. The summed E-state index contributed by atoms with van der Waals surface area (Å²) in [5, 5.41) is -2.00. The van der Waals surface area contributed by atoms with Crippen LogP contribution >= 0.6 is 11.8 Å². The summed E-state index contributed by atoms with van der Waals surface area (Å²) < 4.78 is 199. The van der Waals surface area contributed by atoms with Crippen LogP contribution in [0.2, 0.25) is 0 Å². The fraction of sp³-hybridized carbons (Fsp3) is 0.317. The molecule has 1 saturated heterocycles. The number of hydrogen-bond acceptors (Lipinski definition) is 5. The quantitative estimate of drug-likeness (QED) is 0.0941. The second-order valence-corrected chi connectivity index (χ2v) is 12.6. The van der Waals surface area contributed by atoms with Crippen molar-refractivity contribution in [3.05, 3.63) is 135 Å². The van der Waals surface area contributed by atoms with E-state index in [0.717, 1.165) is 43.2 Å². The minimum Gasteiger partial charge on any atom is -0.383 e. The third-order valence-electron chi connectivity index (χ3n) is 8.24. The summed E-state index contributed by atoms with van der Waals surface area (Å²) in [5.41, 5.74) is -7.48. The van der Waals surface area contributed by atoms with Crippen molar-refractivity contribution in [3.8, 4) is 11.1 Å². The summed E-state index contributed by atoms with van der Waals surface area (Å²) in [6, 6.07) is 6.40. The first-order valence-electron chi connectivity index (χ1n) is 23.1. The number of nitrogens with zero attached hydrogens (tertiary/aromatic N) is 3. The first-order chi connectivity index (χ1) is 30.8. The normalized spacial score (nSPS) is 19.4. The Bertz CT molecular complexity index is 2790. The van der Waals surface area contributed by atoms with Gasteiger partial charge in [0.15, 0.2) is 17.1 Å². The molecule has 12 heteroatoms. The molecule has 0 bridgehead atoms. The van der Waals surface area contributed by atoms with E-state index in [-0.39, 0.29) is 59.0 Å². The summed E-state index contributed by atoms with van der Waals surface area (Å²) in [6.45, 7) is -12.2. The molecule has 5 aromatic rings. The number of benzene rings is 4. The molecule has 4 aromatic carbocycles. The average Bonchev–Trinajstić information content (AvgIpc) is 3.26. The number of carbonyl (C=O) groups excluding carboxylic acids is 1. The van der Waals surface area contributed by atoms with Gasteiger partial charge in [0.2, 0.25) is 5.91 Å². The van der Waals surface area contributed by atoms with Crippen LogP contribution in [0.15, 0.2) is 101 Å². The summed E-state index contributed by atoms with van der Waals surface area (Å²) >= 11 is -0.219. The highest BCUT2D eigenvalue weighted by Crippen LogP contribution is 2.32. The molecule has 6 rings (SSSR count). The Morgan fingerprint density at radius 2 is 1.68 bits per heavy atom. The zero-order valence-electron chi connectivity index (χ0n) is 42.1. The standard InChI is InChI=1S/C41H40F5N3O3S/c1-27-6-15-34-36(22-27)49(39(23-37(34)50)53-26-31-4-3-5-35(42)40(31)43)25-38(51)48(33-16-18-47(19-17-33)20-21-52-2)24-28-7-9-29(10-8-28)30-11-13-32(14-12-30)41(44,45)46/h3-15,22-23,33H,16-21,24-26H2,1-2H3/i6D,15D,20D2,21D2,22D,23D,24D2,25D2,26D2. The highest BCUT2D eigenvalue weighted by molar-refractivity contribution is 7.98. The number of hydrogen-bond donors (Lipinski definition) is 0. The van der Waals surface area contributed by atoms with Gasteiger partial charge in [-0.05, 0) is 72.3 Å². The van der Waals surface area contributed by atoms with Crippen molar-refractivity contribution in [2.75, 3.05) is 33.3 Å². The Morgan fingerprint density at radius 3 is 2.34 bits per heavy atom. The first kappa shape index (κ1) is 24.0. The topological polar surface area (TPSA) is 54.8 Å². The zero-order valence-corrected chi connectivity index (χ0v) is 28.9. The van der Waals surface area contributed by atoms with E-state index in [0.29, 0.717) is 16.5 Å². The number of piperidine rings is 1. The second kappa shape index (κ2) is 16.7. The third-order valence-corrected chi connectivity index (χ3v) is 9.04. The molecule has 1 amide bonds. The predicted octanol–water partition coefficient (Wildman–Crippen LogP) is 8.71. The minimum atomic E-state index is -4.63. The number of ether oxygens (including phenoxy) is 1. The Balaban J connectivity index is 1.57. The van der Waals surface area contributed by atoms with Crippen molar-refractivity contribution in [2.45, 2.75) is 55.7 Å². The number of fused-ring (bicyclic) bond motifs is 1. The van der Waals surface area contributed by atoms with Gasteiger partial charge >= 0.3 is 6.18 Å². The number of aromatic nitrogens is 1. The maximum atomic E-state index is 15.4. The lowest BCUT2D eigenvalue weighted by Crippen LogP contribution is -2.48. The van der Waals surface area contributed by atoms with E-state index in [2.05, 4.69) is 0 Å². The van der Waals surface area contributed by atoms with Crippen LogP contribution in [0, 0.1) is 18.6 Å². The van der Waals surface area contributed by atoms with Gasteiger partial charge in [0, 0.05) is 67.4 Å². The molecule has 278 valence electrons. The number of amides is 1. The Kier molecular flexibility index (Phi) is 7.54. The number of alkyl halides is 3. The molecule has 6 nitrogen and oxygen atoms in total. The lowest BCUT2D eigenvalue weighted by Gasteiger charge is -2.39. The van der Waals surface area contributed by atoms with Gasteiger partial charge in [0.05, 0.1) is 36.4 Å². The lowest BCUT2D eigenvalue weighted by molar-refractivity contribution is -0.137. The number of pyridine rings is 1. The summed E-state index contributed by atoms with van der Waals surface area (Å²) in [4.78, 5) is 30.8. The summed E-state index contributed by atoms with van der Waals surface area (Å²) in [7, 11) is 0.943. The maximum Gasteiger partial charge on any atom is 0.416 e. The zero-order chi connectivity index (χ0) is 50.1. The molecule has 0 spiro atoms. The maximum absolute atomic E-state index is 15.4. The van der Waals surface area contributed by atoms with Gasteiger partial charge in [0.1, 0.15) is 6.50 Å². The Morgan fingerprint density at radius 1 is 1.00 bits per heavy atom. The van der Waals surface area contributed by atoms with Crippen molar-refractivity contribution >= 4 is 28.6 Å². The van der Waals surface area contributed by atoms with E-state index in [9.17, 15) is 27.8 Å². The Labute approximate surface area is 328 Å². The van der Waals surface area contributed by atoms with Crippen molar-refractivity contribution in [3.63, 3.8) is 0 Å². The van der Waals surface area contributed by atoms with E-state index < -0.39 is 118 Å². The number of thioether (sulfide) groups is 1. The van der Waals surface area contributed by atoms with Gasteiger partial charge in [-0.15, -0.1) is 11.8 Å². The largest absolute Gasteiger partial charge is 0.416 e. The van der Waals surface area contributed by atoms with Crippen LogP contribution in [0.1, 0.15) is 54.3 Å². The molecule has 2 heterocycles. The van der Waals surface area contributed by atoms with Crippen LogP contribution in [-0.4, -0.2) is 59.6 Å². The summed E-state index contributed by atoms with van der Waals surface area (Å²) in [6.07, 6.45) is -5.34. The molecular weight excluding hydrogens is 710 g/mol. The van der Waals surface area contributed by atoms with E-state index in [1.165, 1.54) is 36.4 Å². The highest BCUT2D eigenvalue weighted by atomic mass is 32.2. The van der Waals surface area contributed by atoms with Crippen LogP contribution in [0.4, 0.5) is 22.0 Å². The van der Waals surface area contributed by atoms with Crippen LogP contribution in [0.25, 0.3) is 22.0 Å². The van der Waals surface area contributed by atoms with E-state index in [4.69, 9.17) is 18.4 Å². The Hall–Kier alpha value is -4.52. The molecule has 0 N–H and O–H groups in total. The van der Waals surface area contributed by atoms with Gasteiger partial charge < -0.3 is 19.1 Å². The molecule has 0 aliphatic carbocycles. The van der Waals surface area contributed by atoms with Crippen LogP contribution in [0.3, 0.4) is 0 Å². The van der Waals surface area contributed by atoms with Gasteiger partial charge in [-0.25, -0.2) is 8.78 Å². The predicted molar refractivity (Wildman–Crippen MR) is 198 cm³/mol. The van der Waals surface area contributed by atoms with Crippen LogP contribution in [0.5, 0.6) is 0 Å². The number of likely N-dealkylation sites (tertiary alicyclic amines) is 1. The van der Waals surface area contributed by atoms with Crippen LogP contribution in [-0.2, 0) is 34.4 Å². The van der Waals surface area contributed by atoms with E-state index >= 15 is 9.18 Å². The molecule has 1 aliphatic rings. The number of carbonyl (C=O) groups is 1. The number of methoxy groups -OCH3 is 1. The fourth-order valence-corrected chi connectivity index (χ4v) is 6.27. The molecule has 1 aliphatic heterocycles. The lowest BCUT2D eigenvalue weighted by atomic mass is 10.00. The fourth-order valence-electron chi connectivity index (χ4n) is 5.53. The van der Waals surface area contributed by atoms with Gasteiger partial charge in [-0.3, -0.25) is 9.59 Å². The van der Waals surface area contributed by atoms with Gasteiger partial charge in [-0.2, -0.15) is 13.2 Å². The number of rotatable bonds is 12. The molecule has 1 aromatic heterocycles. The van der Waals surface area contributed by atoms with Crippen molar-refractivity contribution in [1.82, 2.24) is 14.4 Å². The molecule has 53 heavy (non-hydrogen) atoms. The van der Waals surface area contributed by atoms with Crippen molar-refractivity contribution < 1.29 is 50.7 Å². The third kappa shape index (κ3) is 9.17. The van der Waals surface area contributed by atoms with E-state index in [1.54, 1.807) is 0 Å². The monoisotopic (exact) mass is 763 g/mol. The van der Waals surface area contributed by atoms with Crippen molar-refractivity contribution in [2.24, 2.45) is 0 Å². The summed E-state index contributed by atoms with van der Waals surface area (Å²) in [5.74, 6) is -4.99. The van der Waals surface area contributed by atoms with Gasteiger partial charge in [-0.1, -0.05) is 54.6 Å². The molecule has 0 atom stereocenters. The van der Waals surface area contributed by atoms with Crippen LogP contribution < -0.4 is 5.43 Å². The second-order valence-electron chi connectivity index (χ2n) is 11.8. The number of halogens is 5. The van der Waals surface area contributed by atoms with Crippen molar-refractivity contribution in [1.29, 1.82) is 0 Å². The molecule has 0 unspecified atom stereocenters. The average molecular weight is 764 g/mol. The molecule has 0 saturated carbocycles. The van der Waals surface area contributed by atoms with Gasteiger partial charge in [0.25, 0.3) is 0 Å². The van der Waals surface area contributed by atoms with E-state index in [1.807, 2.05) is 0 Å². The smallest absolute Gasteiger partial charge is 0.383 e. The SMILES string of the molecule is [2H]c1c(C)c([2H])c2c(c1[2H])c(=O)c([2H])c(SC([2H])([2H])c1cccc(F)c1F)n2C([2H])([2H])C(=O)N(C1CCN(C([2H])([2H])C([2H])([2H])OC)CC1)C([2H])([2H])c1ccc(-c2ccc(C(F)(F)F)cc2)cc1. The highest BCUT2D eigenvalue weighted by Gasteiger charge is 2.31. The first-order valence-corrected chi connectivity index (χ1v) is 16.9. The molecule has 0 radical (unpaired) electrons. The molecule has 1 fully saturated rings. The minimum absolute atomic E-state index is 0.219.